The maximum Gasteiger partial charge on any atom is 0.262 e. The number of thiazole rings is 1. The van der Waals surface area contributed by atoms with E-state index >= 15 is 0 Å². The van der Waals surface area contributed by atoms with Crippen molar-refractivity contribution in [3.05, 3.63) is 53.6 Å². The van der Waals surface area contributed by atoms with Gasteiger partial charge in [0.2, 0.25) is 5.91 Å². The zero-order valence-electron chi connectivity index (χ0n) is 17.9. The van der Waals surface area contributed by atoms with Crippen molar-refractivity contribution >= 4 is 68.6 Å². The number of anilines is 1. The summed E-state index contributed by atoms with van der Waals surface area (Å²) >= 11 is 3.04. The molecule has 3 amide bonds. The molecule has 32 heavy (non-hydrogen) atoms. The largest absolute Gasteiger partial charge is 0.308 e. The number of fused-ring (bicyclic) bond motifs is 2. The van der Waals surface area contributed by atoms with Crippen LogP contribution in [-0.2, 0) is 4.79 Å². The van der Waals surface area contributed by atoms with Crippen molar-refractivity contribution < 1.29 is 14.4 Å². The zero-order chi connectivity index (χ0) is 22.1. The number of rotatable bonds is 7. The molecule has 0 saturated heterocycles. The summed E-state index contributed by atoms with van der Waals surface area (Å²) in [5.41, 5.74) is 1.54. The molecule has 7 nitrogen and oxygen atoms in total. The first kappa shape index (κ1) is 24.2. The maximum absolute atomic E-state index is 13.3. The molecule has 0 saturated carbocycles. The maximum atomic E-state index is 13.3. The van der Waals surface area contributed by atoms with Gasteiger partial charge in [0.25, 0.3) is 11.8 Å². The van der Waals surface area contributed by atoms with Crippen LogP contribution in [0.1, 0.15) is 20.7 Å². The molecule has 0 fully saturated rings. The summed E-state index contributed by atoms with van der Waals surface area (Å²) in [5.74, 6) is -1.20. The molecule has 0 aliphatic carbocycles. The van der Waals surface area contributed by atoms with Gasteiger partial charge in [-0.25, -0.2) is 4.98 Å². The van der Waals surface area contributed by atoms with Crippen molar-refractivity contribution in [2.45, 2.75) is 4.90 Å². The van der Waals surface area contributed by atoms with Gasteiger partial charge in [-0.3, -0.25) is 24.2 Å². The van der Waals surface area contributed by atoms with Crippen molar-refractivity contribution in [3.8, 4) is 0 Å². The molecule has 0 radical (unpaired) electrons. The number of thioether (sulfide) groups is 1. The number of hydrogen-bond acceptors (Lipinski definition) is 7. The number of hydrogen-bond donors (Lipinski definition) is 0. The molecular weight excluding hydrogens is 468 g/mol. The zero-order valence-corrected chi connectivity index (χ0v) is 20.4. The average Bonchev–Trinajstić information content (AvgIpc) is 3.29. The van der Waals surface area contributed by atoms with E-state index < -0.39 is 11.8 Å². The molecule has 0 atom stereocenters. The predicted molar refractivity (Wildman–Crippen MR) is 131 cm³/mol. The Hall–Kier alpha value is -2.46. The summed E-state index contributed by atoms with van der Waals surface area (Å²) in [6.07, 6.45) is 1.99. The minimum Gasteiger partial charge on any atom is -0.308 e. The Morgan fingerprint density at radius 3 is 2.28 bits per heavy atom. The summed E-state index contributed by atoms with van der Waals surface area (Å²) in [4.78, 5) is 49.1. The third-order valence-electron chi connectivity index (χ3n) is 5.06. The topological polar surface area (TPSA) is 73.8 Å². The van der Waals surface area contributed by atoms with E-state index in [1.807, 2.05) is 43.5 Å². The molecular formula is C22H23ClN4O3S2. The average molecular weight is 491 g/mol. The van der Waals surface area contributed by atoms with Crippen LogP contribution in [0.5, 0.6) is 0 Å². The monoisotopic (exact) mass is 490 g/mol. The van der Waals surface area contributed by atoms with Crippen molar-refractivity contribution in [1.82, 2.24) is 14.8 Å². The Morgan fingerprint density at radius 2 is 1.69 bits per heavy atom. The van der Waals surface area contributed by atoms with Gasteiger partial charge in [0, 0.05) is 18.0 Å². The highest BCUT2D eigenvalue weighted by molar-refractivity contribution is 7.98. The van der Waals surface area contributed by atoms with E-state index in [1.54, 1.807) is 40.9 Å². The molecule has 0 spiro atoms. The number of benzene rings is 2. The van der Waals surface area contributed by atoms with Gasteiger partial charge in [0.05, 0.1) is 21.3 Å². The highest BCUT2D eigenvalue weighted by Crippen LogP contribution is 2.34. The second kappa shape index (κ2) is 9.99. The van der Waals surface area contributed by atoms with Crippen LogP contribution in [0.4, 0.5) is 5.13 Å². The van der Waals surface area contributed by atoms with Crippen molar-refractivity contribution in [3.63, 3.8) is 0 Å². The highest BCUT2D eigenvalue weighted by atomic mass is 35.5. The summed E-state index contributed by atoms with van der Waals surface area (Å²) < 4.78 is 0.991. The number of amides is 3. The fourth-order valence-corrected chi connectivity index (χ4v) is 5.09. The van der Waals surface area contributed by atoms with Crippen LogP contribution in [0.3, 0.4) is 0 Å². The summed E-state index contributed by atoms with van der Waals surface area (Å²) in [6.45, 7) is 0.716. The summed E-state index contributed by atoms with van der Waals surface area (Å²) in [5, 5.41) is 0.569. The Balaban J connectivity index is 0.00000289. The minimum atomic E-state index is -0.435. The number of aromatic nitrogens is 1. The van der Waals surface area contributed by atoms with Gasteiger partial charge in [0.1, 0.15) is 6.54 Å². The Morgan fingerprint density at radius 1 is 1.03 bits per heavy atom. The first-order chi connectivity index (χ1) is 14.9. The lowest BCUT2D eigenvalue weighted by molar-refractivity contribution is -0.119. The predicted octanol–water partition coefficient (Wildman–Crippen LogP) is 3.63. The Bertz CT molecular complexity index is 1150. The Kier molecular flexibility index (Phi) is 7.55. The SMILES string of the molecule is CSc1cccc2sc(N(CCN(C)C)C(=O)CN3C(=O)c4ccccc4C3=O)nc12.Cl. The number of halogens is 1. The quantitative estimate of drug-likeness (QED) is 0.372. The molecule has 1 aliphatic heterocycles. The lowest BCUT2D eigenvalue weighted by Gasteiger charge is -2.24. The van der Waals surface area contributed by atoms with E-state index in [-0.39, 0.29) is 24.9 Å². The standard InChI is InChI=1S/C22H22N4O3S2.ClH/c1-24(2)11-12-25(22-23-19-16(30-3)9-6-10-17(19)31-22)18(27)13-26-20(28)14-7-4-5-8-15(14)21(26)29;/h4-10H,11-13H2,1-3H3;1H. The van der Waals surface area contributed by atoms with E-state index in [0.717, 1.165) is 20.0 Å². The smallest absolute Gasteiger partial charge is 0.262 e. The van der Waals surface area contributed by atoms with Gasteiger partial charge >= 0.3 is 0 Å². The third-order valence-corrected chi connectivity index (χ3v) is 6.88. The highest BCUT2D eigenvalue weighted by Gasteiger charge is 2.37. The van der Waals surface area contributed by atoms with E-state index in [9.17, 15) is 14.4 Å². The summed E-state index contributed by atoms with van der Waals surface area (Å²) in [6, 6.07) is 12.6. The van der Waals surface area contributed by atoms with Crippen LogP contribution < -0.4 is 4.90 Å². The third kappa shape index (κ3) is 4.52. The molecule has 1 aromatic heterocycles. The van der Waals surface area contributed by atoms with Crippen LogP contribution >= 0.6 is 35.5 Å². The molecule has 2 aromatic carbocycles. The van der Waals surface area contributed by atoms with E-state index in [0.29, 0.717) is 29.3 Å². The number of likely N-dealkylation sites (N-methyl/N-ethyl adjacent to an activating group) is 1. The fourth-order valence-electron chi connectivity index (χ4n) is 3.42. The van der Waals surface area contributed by atoms with Crippen molar-refractivity contribution in [2.75, 3.05) is 44.9 Å². The van der Waals surface area contributed by atoms with Crippen LogP contribution in [0, 0.1) is 0 Å². The molecule has 0 N–H and O–H groups in total. The van der Waals surface area contributed by atoms with E-state index in [2.05, 4.69) is 0 Å². The van der Waals surface area contributed by atoms with Crippen molar-refractivity contribution in [1.29, 1.82) is 0 Å². The van der Waals surface area contributed by atoms with Gasteiger partial charge in [-0.1, -0.05) is 29.5 Å². The lowest BCUT2D eigenvalue weighted by atomic mass is 10.1. The number of nitrogens with zero attached hydrogens (tertiary/aromatic N) is 4. The molecule has 0 unspecified atom stereocenters. The molecule has 1 aliphatic rings. The van der Waals surface area contributed by atoms with Crippen LogP contribution in [0.15, 0.2) is 47.4 Å². The molecule has 4 rings (SSSR count). The van der Waals surface area contributed by atoms with E-state index in [1.165, 1.54) is 11.3 Å². The fraction of sp³-hybridized carbons (Fsp3) is 0.273. The normalized spacial score (nSPS) is 12.9. The Labute approximate surface area is 200 Å². The minimum absolute atomic E-state index is 0. The van der Waals surface area contributed by atoms with Gasteiger partial charge in [-0.05, 0) is 44.6 Å². The summed E-state index contributed by atoms with van der Waals surface area (Å²) in [7, 11) is 3.86. The molecule has 10 heteroatoms. The number of carbonyl (C=O) groups excluding carboxylic acids is 3. The molecule has 2 heterocycles. The van der Waals surface area contributed by atoms with Crippen LogP contribution in [0.2, 0.25) is 0 Å². The van der Waals surface area contributed by atoms with Crippen molar-refractivity contribution in [2.24, 2.45) is 0 Å². The van der Waals surface area contributed by atoms with Gasteiger partial charge in [0.15, 0.2) is 5.13 Å². The number of carbonyl (C=O) groups is 3. The first-order valence-electron chi connectivity index (χ1n) is 9.74. The van der Waals surface area contributed by atoms with Gasteiger partial charge in [-0.15, -0.1) is 24.2 Å². The van der Waals surface area contributed by atoms with Gasteiger partial charge in [-0.2, -0.15) is 0 Å². The molecule has 168 valence electrons. The van der Waals surface area contributed by atoms with E-state index in [4.69, 9.17) is 4.98 Å². The first-order valence-corrected chi connectivity index (χ1v) is 11.8. The number of para-hydroxylation sites is 1. The second-order valence-electron chi connectivity index (χ2n) is 7.39. The second-order valence-corrected chi connectivity index (χ2v) is 9.25. The van der Waals surface area contributed by atoms with Crippen LogP contribution in [0.25, 0.3) is 10.2 Å². The van der Waals surface area contributed by atoms with Crippen LogP contribution in [-0.4, -0.2) is 72.5 Å². The molecule has 0 bridgehead atoms. The van der Waals surface area contributed by atoms with Gasteiger partial charge < -0.3 is 4.90 Å². The molecule has 3 aromatic rings. The lowest BCUT2D eigenvalue weighted by Crippen LogP contribution is -2.45. The number of imide groups is 1.